The molecule has 0 atom stereocenters. The van der Waals surface area contributed by atoms with Crippen LogP contribution in [0, 0.1) is 0 Å². The number of rotatable bonds is 5. The SMILES string of the molecule is c1ccc(-c2cc(N(c3ccc4ccccc4c3)c3cccc4c3sc3ccccc34)ccc2-c2ccc3oc4ccccc4c3c2)cc1. The van der Waals surface area contributed by atoms with Gasteiger partial charge >= 0.3 is 0 Å². The highest BCUT2D eigenvalue weighted by atomic mass is 32.1. The fraction of sp³-hybridized carbons (Fsp3) is 0. The summed E-state index contributed by atoms with van der Waals surface area (Å²) in [5.41, 5.74) is 9.92. The van der Waals surface area contributed by atoms with Gasteiger partial charge in [0.1, 0.15) is 11.2 Å². The molecule has 8 aromatic carbocycles. The van der Waals surface area contributed by atoms with Crippen LogP contribution in [0.4, 0.5) is 17.1 Å². The second kappa shape index (κ2) is 11.2. The molecule has 0 saturated carbocycles. The fourth-order valence-electron chi connectivity index (χ4n) is 7.32. The van der Waals surface area contributed by atoms with Crippen LogP contribution in [-0.4, -0.2) is 0 Å². The van der Waals surface area contributed by atoms with Gasteiger partial charge in [0.2, 0.25) is 0 Å². The lowest BCUT2D eigenvalue weighted by atomic mass is 9.92. The summed E-state index contributed by atoms with van der Waals surface area (Å²) in [4.78, 5) is 2.44. The fourth-order valence-corrected chi connectivity index (χ4v) is 8.53. The summed E-state index contributed by atoms with van der Waals surface area (Å²) < 4.78 is 8.76. The number of nitrogens with zero attached hydrogens (tertiary/aromatic N) is 1. The summed E-state index contributed by atoms with van der Waals surface area (Å²) in [5.74, 6) is 0. The van der Waals surface area contributed by atoms with Gasteiger partial charge in [0, 0.05) is 37.6 Å². The van der Waals surface area contributed by atoms with Gasteiger partial charge in [0.15, 0.2) is 0 Å². The Balaban J connectivity index is 1.23. The number of benzene rings is 8. The summed E-state index contributed by atoms with van der Waals surface area (Å²) in [7, 11) is 0. The van der Waals surface area contributed by atoms with Gasteiger partial charge < -0.3 is 9.32 Å². The molecule has 0 fully saturated rings. The molecule has 230 valence electrons. The molecule has 0 unspecified atom stereocenters. The molecular weight excluding hydrogens is 615 g/mol. The zero-order valence-electron chi connectivity index (χ0n) is 26.5. The molecule has 0 aliphatic carbocycles. The molecule has 0 bridgehead atoms. The Morgan fingerprint density at radius 2 is 1.12 bits per heavy atom. The molecule has 10 aromatic rings. The maximum atomic E-state index is 6.19. The van der Waals surface area contributed by atoms with E-state index in [1.54, 1.807) is 0 Å². The van der Waals surface area contributed by atoms with Crippen molar-refractivity contribution in [1.29, 1.82) is 0 Å². The maximum absolute atomic E-state index is 6.19. The van der Waals surface area contributed by atoms with Crippen LogP contribution >= 0.6 is 11.3 Å². The molecule has 0 saturated heterocycles. The van der Waals surface area contributed by atoms with Crippen molar-refractivity contribution in [3.05, 3.63) is 176 Å². The van der Waals surface area contributed by atoms with Crippen molar-refractivity contribution in [3.63, 3.8) is 0 Å². The molecular formula is C46H29NOS. The average molecular weight is 644 g/mol. The Morgan fingerprint density at radius 3 is 2.04 bits per heavy atom. The third-order valence-electron chi connectivity index (χ3n) is 9.65. The Hall–Kier alpha value is -6.16. The van der Waals surface area contributed by atoms with Crippen molar-refractivity contribution in [2.45, 2.75) is 0 Å². The Morgan fingerprint density at radius 1 is 0.408 bits per heavy atom. The lowest BCUT2D eigenvalue weighted by molar-refractivity contribution is 0.669. The standard InChI is InChI=1S/C46H29NOS/c1-2-12-31(13-3-1)40-29-35(24-25-36(40)33-22-26-44-41(28-33)37-15-6-8-19-43(37)48-44)47(34-23-21-30-11-4-5-14-32(30)27-34)42-18-10-17-39-38-16-7-9-20-45(38)49-46(39)42/h1-29H. The topological polar surface area (TPSA) is 16.4 Å². The van der Waals surface area contributed by atoms with Gasteiger partial charge in [-0.25, -0.2) is 0 Å². The lowest BCUT2D eigenvalue weighted by Gasteiger charge is -2.27. The van der Waals surface area contributed by atoms with Crippen LogP contribution in [0.5, 0.6) is 0 Å². The smallest absolute Gasteiger partial charge is 0.135 e. The van der Waals surface area contributed by atoms with Gasteiger partial charge in [-0.2, -0.15) is 0 Å². The van der Waals surface area contributed by atoms with E-state index in [0.717, 1.165) is 38.9 Å². The number of hydrogen-bond acceptors (Lipinski definition) is 3. The van der Waals surface area contributed by atoms with E-state index < -0.39 is 0 Å². The number of para-hydroxylation sites is 1. The van der Waals surface area contributed by atoms with E-state index in [0.29, 0.717) is 0 Å². The van der Waals surface area contributed by atoms with E-state index in [9.17, 15) is 0 Å². The van der Waals surface area contributed by atoms with Crippen LogP contribution in [0.2, 0.25) is 0 Å². The number of anilines is 3. The summed E-state index contributed by atoms with van der Waals surface area (Å²) in [6.45, 7) is 0. The number of thiophene rings is 1. The highest BCUT2D eigenvalue weighted by Crippen LogP contribution is 2.47. The maximum Gasteiger partial charge on any atom is 0.135 e. The van der Waals surface area contributed by atoms with Crippen LogP contribution in [0.3, 0.4) is 0 Å². The minimum atomic E-state index is 0.904. The van der Waals surface area contributed by atoms with Crippen molar-refractivity contribution in [3.8, 4) is 22.3 Å². The van der Waals surface area contributed by atoms with Crippen molar-refractivity contribution in [2.24, 2.45) is 0 Å². The predicted octanol–water partition coefficient (Wildman–Crippen LogP) is 13.9. The molecule has 10 rings (SSSR count). The second-order valence-corrected chi connectivity index (χ2v) is 13.6. The second-order valence-electron chi connectivity index (χ2n) is 12.5. The summed E-state index contributed by atoms with van der Waals surface area (Å²) in [6, 6.07) is 63.4. The first kappa shape index (κ1) is 27.9. The zero-order valence-corrected chi connectivity index (χ0v) is 27.3. The minimum Gasteiger partial charge on any atom is -0.456 e. The third kappa shape index (κ3) is 4.62. The van der Waals surface area contributed by atoms with Crippen molar-refractivity contribution < 1.29 is 4.42 Å². The van der Waals surface area contributed by atoms with E-state index in [1.165, 1.54) is 53.3 Å². The van der Waals surface area contributed by atoms with Gasteiger partial charge in [-0.1, -0.05) is 121 Å². The molecule has 0 radical (unpaired) electrons. The van der Waals surface area contributed by atoms with Crippen molar-refractivity contribution in [1.82, 2.24) is 0 Å². The number of hydrogen-bond donors (Lipinski definition) is 0. The van der Waals surface area contributed by atoms with Gasteiger partial charge in [-0.05, 0) is 87.6 Å². The molecule has 0 N–H and O–H groups in total. The largest absolute Gasteiger partial charge is 0.456 e. The number of furan rings is 1. The average Bonchev–Trinajstić information content (AvgIpc) is 3.74. The van der Waals surface area contributed by atoms with Crippen molar-refractivity contribution >= 4 is 81.3 Å². The highest BCUT2D eigenvalue weighted by Gasteiger charge is 2.21. The molecule has 49 heavy (non-hydrogen) atoms. The predicted molar refractivity (Wildman–Crippen MR) is 210 cm³/mol. The first-order chi connectivity index (χ1) is 24.3. The lowest BCUT2D eigenvalue weighted by Crippen LogP contribution is -2.10. The third-order valence-corrected chi connectivity index (χ3v) is 10.9. The van der Waals surface area contributed by atoms with E-state index in [-0.39, 0.29) is 0 Å². The summed E-state index contributed by atoms with van der Waals surface area (Å²) >= 11 is 1.86. The molecule has 0 aliphatic rings. The van der Waals surface area contributed by atoms with Gasteiger partial charge in [0.25, 0.3) is 0 Å². The monoisotopic (exact) mass is 643 g/mol. The molecule has 2 nitrogen and oxygen atoms in total. The first-order valence-corrected chi connectivity index (χ1v) is 17.4. The first-order valence-electron chi connectivity index (χ1n) is 16.6. The Labute approximate surface area is 287 Å². The summed E-state index contributed by atoms with van der Waals surface area (Å²) in [5, 5.41) is 7.29. The van der Waals surface area contributed by atoms with Crippen LogP contribution in [-0.2, 0) is 0 Å². The molecule has 0 spiro atoms. The van der Waals surface area contributed by atoms with E-state index in [2.05, 4.69) is 169 Å². The van der Waals surface area contributed by atoms with Gasteiger partial charge in [-0.15, -0.1) is 11.3 Å². The minimum absolute atomic E-state index is 0.904. The normalized spacial score (nSPS) is 11.7. The van der Waals surface area contributed by atoms with Crippen LogP contribution < -0.4 is 4.90 Å². The van der Waals surface area contributed by atoms with E-state index in [1.807, 2.05) is 23.5 Å². The van der Waals surface area contributed by atoms with Crippen LogP contribution in [0.15, 0.2) is 180 Å². The molecule has 0 aliphatic heterocycles. The quantitative estimate of drug-likeness (QED) is 0.186. The van der Waals surface area contributed by atoms with Gasteiger partial charge in [0.05, 0.1) is 10.4 Å². The Kier molecular flexibility index (Phi) is 6.39. The zero-order chi connectivity index (χ0) is 32.3. The van der Waals surface area contributed by atoms with Crippen molar-refractivity contribution in [2.75, 3.05) is 4.90 Å². The molecule has 2 aromatic heterocycles. The van der Waals surface area contributed by atoms with Crippen LogP contribution in [0.25, 0.3) is 75.1 Å². The summed E-state index contributed by atoms with van der Waals surface area (Å²) in [6.07, 6.45) is 0. The van der Waals surface area contributed by atoms with Gasteiger partial charge in [-0.3, -0.25) is 0 Å². The van der Waals surface area contributed by atoms with E-state index >= 15 is 0 Å². The molecule has 3 heteroatoms. The Bertz CT molecular complexity index is 2840. The molecule has 2 heterocycles. The highest BCUT2D eigenvalue weighted by molar-refractivity contribution is 7.26. The molecule has 0 amide bonds. The number of fused-ring (bicyclic) bond motifs is 7. The van der Waals surface area contributed by atoms with E-state index in [4.69, 9.17) is 4.42 Å². The van der Waals surface area contributed by atoms with Crippen LogP contribution in [0.1, 0.15) is 0 Å².